The largest absolute Gasteiger partial charge is 0.350 e. The van der Waals surface area contributed by atoms with Crippen LogP contribution in [0.1, 0.15) is 33.3 Å². The zero-order valence-electron chi connectivity index (χ0n) is 14.9. The first-order chi connectivity index (χ1) is 11.7. The fourth-order valence-corrected chi connectivity index (χ4v) is 2.16. The zero-order valence-corrected chi connectivity index (χ0v) is 14.9. The van der Waals surface area contributed by atoms with Crippen LogP contribution in [0.3, 0.4) is 0 Å². The molecule has 0 fully saturated rings. The van der Waals surface area contributed by atoms with Crippen LogP contribution in [0.4, 0.5) is 10.5 Å². The summed E-state index contributed by atoms with van der Waals surface area (Å²) in [4.78, 5) is 28.0. The van der Waals surface area contributed by atoms with Crippen LogP contribution >= 0.6 is 0 Å². The molecule has 0 radical (unpaired) electrons. The Morgan fingerprint density at radius 2 is 2.04 bits per heavy atom. The molecule has 0 aliphatic heterocycles. The van der Waals surface area contributed by atoms with E-state index in [4.69, 9.17) is 0 Å². The summed E-state index contributed by atoms with van der Waals surface area (Å²) in [6.07, 6.45) is 3.10. The van der Waals surface area contributed by atoms with Gasteiger partial charge in [0.1, 0.15) is 18.7 Å². The summed E-state index contributed by atoms with van der Waals surface area (Å²) < 4.78 is 1.69. The molecule has 1 aromatic carbocycles. The fourth-order valence-electron chi connectivity index (χ4n) is 2.16. The Kier molecular flexibility index (Phi) is 5.74. The number of nitrogens with one attached hydrogen (secondary N) is 3. The van der Waals surface area contributed by atoms with Crippen LogP contribution in [-0.4, -0.2) is 38.3 Å². The maximum absolute atomic E-state index is 12.1. The standard InChI is InChI=1S/C17H24N6O2/c1-12(15(24)22-17(2,3)4)20-16(25)21-14-7-5-6-13(8-14)9-23-11-18-10-19-23/h5-8,10-12H,9H2,1-4H3,(H,22,24)(H2,20,21,25). The molecule has 25 heavy (non-hydrogen) atoms. The summed E-state index contributed by atoms with van der Waals surface area (Å²) in [6.45, 7) is 7.86. The number of nitrogens with zero attached hydrogens (tertiary/aromatic N) is 3. The quantitative estimate of drug-likeness (QED) is 0.769. The molecule has 134 valence electrons. The van der Waals surface area contributed by atoms with Crippen LogP contribution in [0, 0.1) is 0 Å². The van der Waals surface area contributed by atoms with Crippen molar-refractivity contribution < 1.29 is 9.59 Å². The number of urea groups is 1. The van der Waals surface area contributed by atoms with E-state index >= 15 is 0 Å². The van der Waals surface area contributed by atoms with Gasteiger partial charge in [-0.25, -0.2) is 14.5 Å². The predicted octanol–water partition coefficient (Wildman–Crippen LogP) is 1.75. The first-order valence-corrected chi connectivity index (χ1v) is 8.04. The minimum absolute atomic E-state index is 0.234. The van der Waals surface area contributed by atoms with Crippen molar-refractivity contribution in [2.75, 3.05) is 5.32 Å². The number of hydrogen-bond donors (Lipinski definition) is 3. The third-order valence-corrected chi connectivity index (χ3v) is 3.24. The molecule has 8 nitrogen and oxygen atoms in total. The van der Waals surface area contributed by atoms with Crippen molar-refractivity contribution in [3.8, 4) is 0 Å². The maximum Gasteiger partial charge on any atom is 0.319 e. The van der Waals surface area contributed by atoms with Gasteiger partial charge in [0.05, 0.1) is 6.54 Å². The molecule has 8 heteroatoms. The fraction of sp³-hybridized carbons (Fsp3) is 0.412. The third kappa shape index (κ3) is 6.25. The summed E-state index contributed by atoms with van der Waals surface area (Å²) in [5.74, 6) is -0.234. The van der Waals surface area contributed by atoms with Crippen LogP contribution in [0.15, 0.2) is 36.9 Å². The highest BCUT2D eigenvalue weighted by Gasteiger charge is 2.20. The molecule has 3 amide bonds. The van der Waals surface area contributed by atoms with Crippen LogP contribution in [0.5, 0.6) is 0 Å². The van der Waals surface area contributed by atoms with E-state index in [0.29, 0.717) is 12.2 Å². The Hall–Kier alpha value is -2.90. The van der Waals surface area contributed by atoms with Crippen molar-refractivity contribution in [1.29, 1.82) is 0 Å². The minimum Gasteiger partial charge on any atom is -0.350 e. The molecule has 0 aliphatic carbocycles. The Morgan fingerprint density at radius 3 is 2.68 bits per heavy atom. The lowest BCUT2D eigenvalue weighted by atomic mass is 10.1. The number of anilines is 1. The molecule has 0 aliphatic rings. The number of hydrogen-bond acceptors (Lipinski definition) is 4. The topological polar surface area (TPSA) is 101 Å². The monoisotopic (exact) mass is 344 g/mol. The van der Waals surface area contributed by atoms with E-state index in [2.05, 4.69) is 26.0 Å². The van der Waals surface area contributed by atoms with E-state index in [1.54, 1.807) is 24.0 Å². The number of carbonyl (C=O) groups excluding carboxylic acids is 2. The van der Waals surface area contributed by atoms with E-state index < -0.39 is 12.1 Å². The molecule has 1 unspecified atom stereocenters. The summed E-state index contributed by atoms with van der Waals surface area (Å²) in [5, 5.41) is 12.2. The zero-order chi connectivity index (χ0) is 18.4. The van der Waals surface area contributed by atoms with Gasteiger partial charge in [0.15, 0.2) is 0 Å². The molecule has 0 spiro atoms. The molecule has 1 heterocycles. The van der Waals surface area contributed by atoms with Crippen LogP contribution in [0.25, 0.3) is 0 Å². The van der Waals surface area contributed by atoms with Gasteiger partial charge in [-0.3, -0.25) is 4.79 Å². The average Bonchev–Trinajstić information content (AvgIpc) is 2.98. The van der Waals surface area contributed by atoms with Gasteiger partial charge in [-0.2, -0.15) is 5.10 Å². The van der Waals surface area contributed by atoms with Crippen LogP contribution in [-0.2, 0) is 11.3 Å². The Balaban J connectivity index is 1.91. The SMILES string of the molecule is CC(NC(=O)Nc1cccc(Cn2cncn2)c1)C(=O)NC(C)(C)C. The number of carbonyl (C=O) groups is 2. The minimum atomic E-state index is -0.641. The van der Waals surface area contributed by atoms with Crippen molar-refractivity contribution in [1.82, 2.24) is 25.4 Å². The lowest BCUT2D eigenvalue weighted by Gasteiger charge is -2.23. The molecule has 1 atom stereocenters. The van der Waals surface area contributed by atoms with E-state index in [1.165, 1.54) is 6.33 Å². The highest BCUT2D eigenvalue weighted by Crippen LogP contribution is 2.11. The molecule has 0 saturated heterocycles. The second-order valence-electron chi connectivity index (χ2n) is 6.85. The van der Waals surface area contributed by atoms with Gasteiger partial charge in [-0.15, -0.1) is 0 Å². The van der Waals surface area contributed by atoms with Crippen molar-refractivity contribution >= 4 is 17.6 Å². The molecule has 2 aromatic rings. The van der Waals surface area contributed by atoms with Crippen LogP contribution in [0.2, 0.25) is 0 Å². The molecule has 2 rings (SSSR count). The van der Waals surface area contributed by atoms with E-state index in [-0.39, 0.29) is 11.4 Å². The molecule has 1 aromatic heterocycles. The van der Waals surface area contributed by atoms with E-state index in [1.807, 2.05) is 39.0 Å². The van der Waals surface area contributed by atoms with Crippen molar-refractivity contribution in [2.45, 2.75) is 45.8 Å². The second kappa shape index (κ2) is 7.78. The summed E-state index contributed by atoms with van der Waals surface area (Å²) >= 11 is 0. The normalized spacial score (nSPS) is 12.3. The molecular formula is C17H24N6O2. The first-order valence-electron chi connectivity index (χ1n) is 8.04. The highest BCUT2D eigenvalue weighted by atomic mass is 16.2. The number of amides is 3. The van der Waals surface area contributed by atoms with Gasteiger partial charge < -0.3 is 16.0 Å². The lowest BCUT2D eigenvalue weighted by Crippen LogP contribution is -2.51. The van der Waals surface area contributed by atoms with Gasteiger partial charge in [-0.1, -0.05) is 12.1 Å². The van der Waals surface area contributed by atoms with Gasteiger partial charge in [-0.05, 0) is 45.4 Å². The molecule has 0 saturated carbocycles. The Bertz CT molecular complexity index is 721. The van der Waals surface area contributed by atoms with Gasteiger partial charge >= 0.3 is 6.03 Å². The Morgan fingerprint density at radius 1 is 1.28 bits per heavy atom. The van der Waals surface area contributed by atoms with E-state index in [0.717, 1.165) is 5.56 Å². The smallest absolute Gasteiger partial charge is 0.319 e. The van der Waals surface area contributed by atoms with Gasteiger partial charge in [0, 0.05) is 11.2 Å². The van der Waals surface area contributed by atoms with Crippen molar-refractivity contribution in [3.05, 3.63) is 42.5 Å². The summed E-state index contributed by atoms with van der Waals surface area (Å²) in [6, 6.07) is 6.33. The third-order valence-electron chi connectivity index (χ3n) is 3.24. The molecule has 0 bridgehead atoms. The average molecular weight is 344 g/mol. The summed E-state index contributed by atoms with van der Waals surface area (Å²) in [7, 11) is 0. The second-order valence-corrected chi connectivity index (χ2v) is 6.85. The van der Waals surface area contributed by atoms with Gasteiger partial charge in [0.2, 0.25) is 5.91 Å². The summed E-state index contributed by atoms with van der Waals surface area (Å²) in [5.41, 5.74) is 1.26. The van der Waals surface area contributed by atoms with Crippen LogP contribution < -0.4 is 16.0 Å². The number of benzene rings is 1. The lowest BCUT2D eigenvalue weighted by molar-refractivity contribution is -0.123. The molecule has 3 N–H and O–H groups in total. The van der Waals surface area contributed by atoms with Crippen molar-refractivity contribution in [3.63, 3.8) is 0 Å². The van der Waals surface area contributed by atoms with Crippen molar-refractivity contribution in [2.24, 2.45) is 0 Å². The van der Waals surface area contributed by atoms with E-state index in [9.17, 15) is 9.59 Å². The van der Waals surface area contributed by atoms with Gasteiger partial charge in [0.25, 0.3) is 0 Å². The predicted molar refractivity (Wildman–Crippen MR) is 95.1 cm³/mol. The molecular weight excluding hydrogens is 320 g/mol. The first kappa shape index (κ1) is 18.4. The highest BCUT2D eigenvalue weighted by molar-refractivity contribution is 5.93. The Labute approximate surface area is 147 Å². The number of rotatable bonds is 5. The maximum atomic E-state index is 12.1. The number of aromatic nitrogens is 3.